The van der Waals surface area contributed by atoms with Gasteiger partial charge in [0.25, 0.3) is 5.78 Å². The van der Waals surface area contributed by atoms with Gasteiger partial charge < -0.3 is 0 Å². The predicted octanol–water partition coefficient (Wildman–Crippen LogP) is 0.635. The molecule has 0 spiro atoms. The van der Waals surface area contributed by atoms with Crippen LogP contribution in [0.1, 0.15) is 23.0 Å². The van der Waals surface area contributed by atoms with E-state index < -0.39 is 0 Å². The Kier molecular flexibility index (Phi) is 1.58. The van der Waals surface area contributed by atoms with Gasteiger partial charge in [-0.2, -0.15) is 0 Å². The Morgan fingerprint density at radius 2 is 2.31 bits per heavy atom. The van der Waals surface area contributed by atoms with Crippen molar-refractivity contribution in [3.05, 3.63) is 23.8 Å². The van der Waals surface area contributed by atoms with Crippen LogP contribution < -0.4 is 0 Å². The number of Topliss-reactive ketones (excluding diaryl/α,β-unsaturated/α-hetero) is 1. The van der Waals surface area contributed by atoms with Crippen molar-refractivity contribution in [2.45, 2.75) is 13.8 Å². The number of fused-ring (bicyclic) bond motifs is 1. The number of hydrogen-bond donors (Lipinski definition) is 0. The van der Waals surface area contributed by atoms with Gasteiger partial charge in [0.15, 0.2) is 5.78 Å². The zero-order chi connectivity index (χ0) is 9.42. The number of ketones is 1. The van der Waals surface area contributed by atoms with Crippen LogP contribution in [0.5, 0.6) is 0 Å². The molecule has 0 aromatic carbocycles. The van der Waals surface area contributed by atoms with E-state index in [4.69, 9.17) is 0 Å². The summed E-state index contributed by atoms with van der Waals surface area (Å²) in [4.78, 5) is 15.1. The molecule has 0 unspecified atom stereocenters. The topological polar surface area (TPSA) is 60.2 Å². The molecule has 13 heavy (non-hydrogen) atoms. The van der Waals surface area contributed by atoms with Crippen LogP contribution in [-0.2, 0) is 0 Å². The van der Waals surface area contributed by atoms with Crippen LogP contribution in [0.4, 0.5) is 0 Å². The molecule has 5 nitrogen and oxygen atoms in total. The first-order chi connectivity index (χ1) is 6.20. The Balaban J connectivity index is 2.80. The normalized spacial score (nSPS) is 10.6. The molecule has 0 atom stereocenters. The Morgan fingerprint density at radius 1 is 1.54 bits per heavy atom. The van der Waals surface area contributed by atoms with E-state index in [0.717, 1.165) is 5.69 Å². The standard InChI is InChI=1S/C8H8N4O/c1-5-7(6(2)13)3-9-8-11-10-4-12(5)8/h3-4H,1-2H3. The largest absolute Gasteiger partial charge is 0.294 e. The lowest BCUT2D eigenvalue weighted by Gasteiger charge is -2.02. The molecular formula is C8H8N4O. The minimum Gasteiger partial charge on any atom is -0.294 e. The number of rotatable bonds is 1. The van der Waals surface area contributed by atoms with Crippen molar-refractivity contribution in [1.82, 2.24) is 19.6 Å². The van der Waals surface area contributed by atoms with Crippen molar-refractivity contribution in [2.24, 2.45) is 0 Å². The second-order valence-corrected chi connectivity index (χ2v) is 2.81. The van der Waals surface area contributed by atoms with E-state index in [2.05, 4.69) is 15.2 Å². The first kappa shape index (κ1) is 7.85. The van der Waals surface area contributed by atoms with E-state index in [1.54, 1.807) is 10.7 Å². The molecule has 0 bridgehead atoms. The van der Waals surface area contributed by atoms with Crippen LogP contribution in [0.15, 0.2) is 12.5 Å². The number of nitrogens with zero attached hydrogens (tertiary/aromatic N) is 4. The number of carbonyl (C=O) groups is 1. The molecule has 0 amide bonds. The van der Waals surface area contributed by atoms with E-state index in [1.165, 1.54) is 13.1 Å². The minimum atomic E-state index is 0.000556. The fraction of sp³-hybridized carbons (Fsp3) is 0.250. The molecule has 0 N–H and O–H groups in total. The van der Waals surface area contributed by atoms with Gasteiger partial charge >= 0.3 is 0 Å². The lowest BCUT2D eigenvalue weighted by molar-refractivity contribution is 0.101. The Bertz CT molecular complexity index is 474. The van der Waals surface area contributed by atoms with Crippen molar-refractivity contribution >= 4 is 11.6 Å². The minimum absolute atomic E-state index is 0.000556. The average molecular weight is 176 g/mol. The molecule has 5 heteroatoms. The van der Waals surface area contributed by atoms with Crippen molar-refractivity contribution < 1.29 is 4.79 Å². The fourth-order valence-corrected chi connectivity index (χ4v) is 1.24. The summed E-state index contributed by atoms with van der Waals surface area (Å²) in [6, 6.07) is 0. The second kappa shape index (κ2) is 2.62. The van der Waals surface area contributed by atoms with Crippen LogP contribution >= 0.6 is 0 Å². The second-order valence-electron chi connectivity index (χ2n) is 2.81. The van der Waals surface area contributed by atoms with Gasteiger partial charge in [-0.3, -0.25) is 9.20 Å². The molecule has 0 aliphatic heterocycles. The molecule has 2 heterocycles. The quantitative estimate of drug-likeness (QED) is 0.598. The van der Waals surface area contributed by atoms with Crippen LogP contribution in [0, 0.1) is 6.92 Å². The lowest BCUT2D eigenvalue weighted by atomic mass is 10.2. The molecule has 66 valence electrons. The number of aromatic nitrogens is 4. The Labute approximate surface area is 74.4 Å². The summed E-state index contributed by atoms with van der Waals surface area (Å²) in [6.45, 7) is 3.36. The lowest BCUT2D eigenvalue weighted by Crippen LogP contribution is -2.03. The fourth-order valence-electron chi connectivity index (χ4n) is 1.24. The highest BCUT2D eigenvalue weighted by Crippen LogP contribution is 2.07. The molecule has 0 saturated heterocycles. The number of hydrogen-bond acceptors (Lipinski definition) is 4. The third kappa shape index (κ3) is 1.09. The summed E-state index contributed by atoms with van der Waals surface area (Å²) >= 11 is 0. The number of carbonyl (C=O) groups excluding carboxylic acids is 1. The first-order valence-electron chi connectivity index (χ1n) is 3.86. The third-order valence-electron chi connectivity index (χ3n) is 1.97. The van der Waals surface area contributed by atoms with E-state index >= 15 is 0 Å². The van der Waals surface area contributed by atoms with Gasteiger partial charge in [0.1, 0.15) is 6.33 Å². The third-order valence-corrected chi connectivity index (χ3v) is 1.97. The molecule has 2 aromatic heterocycles. The van der Waals surface area contributed by atoms with Crippen LogP contribution in [0.3, 0.4) is 0 Å². The van der Waals surface area contributed by atoms with Crippen molar-refractivity contribution in [3.63, 3.8) is 0 Å². The molecule has 2 rings (SSSR count). The molecule has 0 radical (unpaired) electrons. The Morgan fingerprint density at radius 3 is 3.00 bits per heavy atom. The summed E-state index contributed by atoms with van der Waals surface area (Å²) in [5.41, 5.74) is 1.43. The van der Waals surface area contributed by atoms with Gasteiger partial charge in [-0.15, -0.1) is 10.2 Å². The van der Waals surface area contributed by atoms with Crippen molar-refractivity contribution in [2.75, 3.05) is 0 Å². The van der Waals surface area contributed by atoms with Crippen LogP contribution in [-0.4, -0.2) is 25.4 Å². The first-order valence-corrected chi connectivity index (χ1v) is 3.86. The summed E-state index contributed by atoms with van der Waals surface area (Å²) in [7, 11) is 0. The van der Waals surface area contributed by atoms with Gasteiger partial charge in [0, 0.05) is 11.9 Å². The smallest absolute Gasteiger partial charge is 0.254 e. The van der Waals surface area contributed by atoms with Crippen LogP contribution in [0.25, 0.3) is 5.78 Å². The zero-order valence-electron chi connectivity index (χ0n) is 7.35. The maximum absolute atomic E-state index is 11.1. The van der Waals surface area contributed by atoms with E-state index in [1.807, 2.05) is 6.92 Å². The molecule has 0 aliphatic rings. The Hall–Kier alpha value is -1.78. The van der Waals surface area contributed by atoms with E-state index in [-0.39, 0.29) is 5.78 Å². The summed E-state index contributed by atoms with van der Waals surface area (Å²) < 4.78 is 1.69. The average Bonchev–Trinajstić information content (AvgIpc) is 2.52. The van der Waals surface area contributed by atoms with Gasteiger partial charge in [-0.05, 0) is 13.8 Å². The van der Waals surface area contributed by atoms with E-state index in [9.17, 15) is 4.79 Å². The van der Waals surface area contributed by atoms with Gasteiger partial charge in [-0.25, -0.2) is 4.98 Å². The molecule has 0 saturated carbocycles. The highest BCUT2D eigenvalue weighted by molar-refractivity contribution is 5.94. The highest BCUT2D eigenvalue weighted by atomic mass is 16.1. The van der Waals surface area contributed by atoms with Crippen molar-refractivity contribution in [3.8, 4) is 0 Å². The molecule has 0 fully saturated rings. The van der Waals surface area contributed by atoms with E-state index in [0.29, 0.717) is 11.3 Å². The predicted molar refractivity (Wildman–Crippen MR) is 45.5 cm³/mol. The highest BCUT2D eigenvalue weighted by Gasteiger charge is 2.08. The van der Waals surface area contributed by atoms with Crippen molar-refractivity contribution in [1.29, 1.82) is 0 Å². The van der Waals surface area contributed by atoms with Gasteiger partial charge in [0.2, 0.25) is 0 Å². The van der Waals surface area contributed by atoms with Gasteiger partial charge in [-0.1, -0.05) is 0 Å². The van der Waals surface area contributed by atoms with Gasteiger partial charge in [0.05, 0.1) is 5.56 Å². The monoisotopic (exact) mass is 176 g/mol. The summed E-state index contributed by atoms with van der Waals surface area (Å²) in [5.74, 6) is 0.517. The molecular weight excluding hydrogens is 168 g/mol. The molecule has 2 aromatic rings. The summed E-state index contributed by atoms with van der Waals surface area (Å²) in [5, 5.41) is 7.47. The SMILES string of the molecule is CC(=O)c1cnc2nncn2c1C. The maximum atomic E-state index is 11.1. The number of aryl methyl sites for hydroxylation is 1. The zero-order valence-corrected chi connectivity index (χ0v) is 7.35. The van der Waals surface area contributed by atoms with Crippen LogP contribution in [0.2, 0.25) is 0 Å². The maximum Gasteiger partial charge on any atom is 0.254 e. The molecule has 0 aliphatic carbocycles. The summed E-state index contributed by atoms with van der Waals surface area (Å²) in [6.07, 6.45) is 3.08.